The van der Waals surface area contributed by atoms with Crippen LogP contribution in [0.3, 0.4) is 0 Å². The van der Waals surface area contributed by atoms with E-state index in [1.807, 2.05) is 0 Å². The van der Waals surface area contributed by atoms with E-state index in [4.69, 9.17) is 14.2 Å². The van der Waals surface area contributed by atoms with Crippen molar-refractivity contribution in [2.75, 3.05) is 26.9 Å². The van der Waals surface area contributed by atoms with Gasteiger partial charge in [0.2, 0.25) is 10.0 Å². The Morgan fingerprint density at radius 1 is 1.06 bits per heavy atom. The second kappa shape index (κ2) is 9.17. The number of rotatable bonds is 6. The molecule has 0 unspecified atom stereocenters. The third-order valence-electron chi connectivity index (χ3n) is 5.35. The molecule has 1 atom stereocenters. The summed E-state index contributed by atoms with van der Waals surface area (Å²) in [6, 6.07) is 9.98. The fraction of sp³-hybridized carbons (Fsp3) is 0.364. The van der Waals surface area contributed by atoms with Crippen LogP contribution >= 0.6 is 0 Å². The zero-order valence-corrected chi connectivity index (χ0v) is 18.3. The molecular weight excluding hydrogens is 438 g/mol. The molecule has 1 fully saturated rings. The number of esters is 2. The van der Waals surface area contributed by atoms with E-state index in [1.54, 1.807) is 30.3 Å². The van der Waals surface area contributed by atoms with Crippen molar-refractivity contribution in [3.63, 3.8) is 0 Å². The van der Waals surface area contributed by atoms with Gasteiger partial charge in [-0.3, -0.25) is 4.79 Å². The predicted octanol–water partition coefficient (Wildman–Crippen LogP) is 2.14. The van der Waals surface area contributed by atoms with Crippen molar-refractivity contribution in [1.29, 1.82) is 0 Å². The summed E-state index contributed by atoms with van der Waals surface area (Å²) < 4.78 is 48.6. The average Bonchev–Trinajstić information content (AvgIpc) is 3.33. The maximum absolute atomic E-state index is 13.2. The van der Waals surface area contributed by atoms with Crippen LogP contribution in [0.1, 0.15) is 28.8 Å². The summed E-state index contributed by atoms with van der Waals surface area (Å²) in [5, 5.41) is 0. The van der Waals surface area contributed by atoms with E-state index in [0.29, 0.717) is 48.7 Å². The Kier molecular flexibility index (Phi) is 6.33. The molecular formula is C22H23NO8S. The topological polar surface area (TPSA) is 108 Å². The molecule has 0 bridgehead atoms. The lowest BCUT2D eigenvalue weighted by Crippen LogP contribution is -2.41. The third kappa shape index (κ3) is 4.42. The van der Waals surface area contributed by atoms with Gasteiger partial charge in [-0.05, 0) is 42.7 Å². The van der Waals surface area contributed by atoms with Gasteiger partial charge >= 0.3 is 11.9 Å². The van der Waals surface area contributed by atoms with Crippen LogP contribution in [0, 0.1) is 0 Å². The predicted molar refractivity (Wildman–Crippen MR) is 112 cm³/mol. The number of fused-ring (bicyclic) bond motifs is 1. The zero-order valence-electron chi connectivity index (χ0n) is 17.5. The van der Waals surface area contributed by atoms with Gasteiger partial charge in [0.15, 0.2) is 11.5 Å². The van der Waals surface area contributed by atoms with E-state index in [1.165, 1.54) is 23.5 Å². The van der Waals surface area contributed by atoms with E-state index >= 15 is 0 Å². The molecule has 0 aliphatic carbocycles. The van der Waals surface area contributed by atoms with Gasteiger partial charge in [0.05, 0.1) is 17.6 Å². The largest absolute Gasteiger partial charge is 0.486 e. The number of hydrogen-bond donors (Lipinski definition) is 0. The van der Waals surface area contributed by atoms with Crippen LogP contribution in [0.4, 0.5) is 0 Å². The van der Waals surface area contributed by atoms with Gasteiger partial charge in [-0.2, -0.15) is 4.31 Å². The SMILES string of the molecule is COC(=O)c1ccc(COC(=O)[C@@H]2CCCN2S(=O)(=O)c2ccc3c(c2)OCCO3)cc1. The number of carbonyl (C=O) groups is 2. The molecule has 2 heterocycles. The quantitative estimate of drug-likeness (QED) is 0.602. The minimum Gasteiger partial charge on any atom is -0.486 e. The lowest BCUT2D eigenvalue weighted by molar-refractivity contribution is -0.148. The smallest absolute Gasteiger partial charge is 0.337 e. The minimum absolute atomic E-state index is 0.0330. The van der Waals surface area contributed by atoms with Crippen LogP contribution in [0.15, 0.2) is 47.4 Å². The van der Waals surface area contributed by atoms with Crippen LogP contribution < -0.4 is 9.47 Å². The highest BCUT2D eigenvalue weighted by molar-refractivity contribution is 7.89. The van der Waals surface area contributed by atoms with E-state index < -0.39 is 28.0 Å². The molecule has 2 aromatic rings. The molecule has 2 aromatic carbocycles. The summed E-state index contributed by atoms with van der Waals surface area (Å²) in [7, 11) is -2.63. The highest BCUT2D eigenvalue weighted by atomic mass is 32.2. The Balaban J connectivity index is 1.44. The number of carbonyl (C=O) groups excluding carboxylic acids is 2. The monoisotopic (exact) mass is 461 g/mol. The first-order valence-corrected chi connectivity index (χ1v) is 11.6. The fourth-order valence-electron chi connectivity index (χ4n) is 3.69. The number of ether oxygens (including phenoxy) is 4. The second-order valence-corrected chi connectivity index (χ2v) is 9.27. The molecule has 2 aliphatic rings. The summed E-state index contributed by atoms with van der Waals surface area (Å²) in [5.41, 5.74) is 1.06. The van der Waals surface area contributed by atoms with Crippen molar-refractivity contribution in [1.82, 2.24) is 4.31 Å². The van der Waals surface area contributed by atoms with Gasteiger partial charge < -0.3 is 18.9 Å². The van der Waals surface area contributed by atoms with Crippen LogP contribution in [0.5, 0.6) is 11.5 Å². The maximum atomic E-state index is 13.2. The Bertz CT molecular complexity index is 1110. The van der Waals surface area contributed by atoms with E-state index in [9.17, 15) is 18.0 Å². The molecule has 2 aliphatic heterocycles. The first kappa shape index (κ1) is 22.1. The van der Waals surface area contributed by atoms with Gasteiger partial charge in [0, 0.05) is 12.6 Å². The number of methoxy groups -OCH3 is 1. The van der Waals surface area contributed by atoms with E-state index in [0.717, 1.165) is 0 Å². The number of sulfonamides is 1. The number of benzene rings is 2. The van der Waals surface area contributed by atoms with Crippen molar-refractivity contribution in [2.24, 2.45) is 0 Å². The first-order valence-electron chi connectivity index (χ1n) is 10.2. The standard InChI is InChI=1S/C22H23NO8S/c1-28-21(24)16-6-4-15(5-7-16)14-31-22(25)18-3-2-10-23(18)32(26,27)17-8-9-19-20(13-17)30-12-11-29-19/h4-9,13,18H,2-3,10-12,14H2,1H3/t18-/m0/s1. The molecule has 0 spiro atoms. The Morgan fingerprint density at radius 3 is 2.50 bits per heavy atom. The molecule has 1 saturated heterocycles. The van der Waals surface area contributed by atoms with Crippen molar-refractivity contribution in [3.8, 4) is 11.5 Å². The Labute approximate surface area is 185 Å². The van der Waals surface area contributed by atoms with Crippen molar-refractivity contribution >= 4 is 22.0 Å². The molecule has 4 rings (SSSR count). The van der Waals surface area contributed by atoms with Crippen LogP contribution in [-0.4, -0.2) is 57.6 Å². The molecule has 170 valence electrons. The highest BCUT2D eigenvalue weighted by Gasteiger charge is 2.40. The summed E-state index contributed by atoms with van der Waals surface area (Å²) in [6.07, 6.45) is 0.932. The van der Waals surface area contributed by atoms with Gasteiger partial charge in [-0.1, -0.05) is 12.1 Å². The van der Waals surface area contributed by atoms with Crippen LogP contribution in [0.25, 0.3) is 0 Å². The van der Waals surface area contributed by atoms with Gasteiger partial charge in [-0.15, -0.1) is 0 Å². The second-order valence-electron chi connectivity index (χ2n) is 7.38. The summed E-state index contributed by atoms with van der Waals surface area (Å²) >= 11 is 0. The fourth-order valence-corrected chi connectivity index (χ4v) is 5.35. The molecule has 0 aromatic heterocycles. The summed E-state index contributed by atoms with van der Waals surface area (Å²) in [4.78, 5) is 24.3. The zero-order chi connectivity index (χ0) is 22.7. The Morgan fingerprint density at radius 2 is 1.78 bits per heavy atom. The summed E-state index contributed by atoms with van der Waals surface area (Å²) in [5.74, 6) is -0.211. The average molecular weight is 461 g/mol. The number of nitrogens with zero attached hydrogens (tertiary/aromatic N) is 1. The highest BCUT2D eigenvalue weighted by Crippen LogP contribution is 2.35. The molecule has 0 saturated carbocycles. The van der Waals surface area contributed by atoms with Crippen molar-refractivity contribution in [2.45, 2.75) is 30.4 Å². The molecule has 9 nitrogen and oxygen atoms in total. The molecule has 10 heteroatoms. The Hall–Kier alpha value is -3.11. The van der Waals surface area contributed by atoms with Gasteiger partial charge in [0.25, 0.3) is 0 Å². The first-order chi connectivity index (χ1) is 15.4. The minimum atomic E-state index is -3.92. The lowest BCUT2D eigenvalue weighted by Gasteiger charge is -2.24. The van der Waals surface area contributed by atoms with Crippen LogP contribution in [-0.2, 0) is 30.9 Å². The van der Waals surface area contributed by atoms with Gasteiger partial charge in [-0.25, -0.2) is 13.2 Å². The number of hydrogen-bond acceptors (Lipinski definition) is 8. The van der Waals surface area contributed by atoms with Crippen molar-refractivity contribution in [3.05, 3.63) is 53.6 Å². The van der Waals surface area contributed by atoms with Gasteiger partial charge in [0.1, 0.15) is 25.9 Å². The molecule has 0 amide bonds. The maximum Gasteiger partial charge on any atom is 0.337 e. The molecule has 0 radical (unpaired) electrons. The van der Waals surface area contributed by atoms with E-state index in [-0.39, 0.29) is 18.0 Å². The van der Waals surface area contributed by atoms with E-state index in [2.05, 4.69) is 4.74 Å². The third-order valence-corrected chi connectivity index (χ3v) is 7.26. The lowest BCUT2D eigenvalue weighted by atomic mass is 10.1. The van der Waals surface area contributed by atoms with Crippen molar-refractivity contribution < 1.29 is 37.0 Å². The molecule has 0 N–H and O–H groups in total. The molecule has 32 heavy (non-hydrogen) atoms. The summed E-state index contributed by atoms with van der Waals surface area (Å²) in [6.45, 7) is 0.944. The normalized spacial score (nSPS) is 18.2. The van der Waals surface area contributed by atoms with Crippen LogP contribution in [0.2, 0.25) is 0 Å².